The van der Waals surface area contributed by atoms with Crippen LogP contribution < -0.4 is 0 Å². The van der Waals surface area contributed by atoms with E-state index in [1.807, 2.05) is 41.5 Å². The molecule has 0 spiro atoms. The fourth-order valence-corrected chi connectivity index (χ4v) is 3.55. The summed E-state index contributed by atoms with van der Waals surface area (Å²) in [7, 11) is 0. The van der Waals surface area contributed by atoms with Crippen LogP contribution in [0.3, 0.4) is 0 Å². The minimum atomic E-state index is -1.18. The molecule has 0 aliphatic heterocycles. The Hall–Kier alpha value is -1.32. The summed E-state index contributed by atoms with van der Waals surface area (Å²) in [6, 6.07) is 0. The number of carbonyl (C=O) groups is 2. The van der Waals surface area contributed by atoms with E-state index in [1.54, 1.807) is 0 Å². The molecule has 24 heavy (non-hydrogen) atoms. The van der Waals surface area contributed by atoms with Gasteiger partial charge in [-0.05, 0) is 86.5 Å². The van der Waals surface area contributed by atoms with Crippen molar-refractivity contribution in [2.24, 2.45) is 5.41 Å². The molecule has 0 aromatic heterocycles. The zero-order valence-electron chi connectivity index (χ0n) is 16.1. The average molecular weight is 336 g/mol. The fourth-order valence-electron chi connectivity index (χ4n) is 3.55. The lowest BCUT2D eigenvalue weighted by molar-refractivity contribution is -0.184. The predicted molar refractivity (Wildman–Crippen MR) is 93.5 cm³/mol. The molecule has 4 nitrogen and oxygen atoms in total. The summed E-state index contributed by atoms with van der Waals surface area (Å²) < 4.78 is 11.2. The van der Waals surface area contributed by atoms with Crippen LogP contribution in [-0.2, 0) is 19.1 Å². The summed E-state index contributed by atoms with van der Waals surface area (Å²) >= 11 is 0. The van der Waals surface area contributed by atoms with Crippen LogP contribution in [0, 0.1) is 5.41 Å². The van der Waals surface area contributed by atoms with E-state index in [0.29, 0.717) is 12.8 Å². The second-order valence-electron chi connectivity index (χ2n) is 9.18. The van der Waals surface area contributed by atoms with Gasteiger partial charge in [-0.15, -0.1) is 0 Å². The van der Waals surface area contributed by atoms with E-state index in [2.05, 4.69) is 0 Å². The Labute approximate surface area is 146 Å². The summed E-state index contributed by atoms with van der Waals surface area (Å²) in [5, 5.41) is 0. The summed E-state index contributed by atoms with van der Waals surface area (Å²) in [6.45, 7) is 11.0. The molecule has 0 heterocycles. The van der Waals surface area contributed by atoms with Crippen molar-refractivity contribution < 1.29 is 19.1 Å². The molecule has 4 heteroatoms. The summed E-state index contributed by atoms with van der Waals surface area (Å²) in [6.07, 6.45) is 6.40. The Balaban J connectivity index is 2.31. The maximum absolute atomic E-state index is 12.9. The van der Waals surface area contributed by atoms with E-state index in [1.165, 1.54) is 24.0 Å². The largest absolute Gasteiger partial charge is 0.459 e. The smallest absolute Gasteiger partial charge is 0.324 e. The molecule has 0 saturated heterocycles. The Morgan fingerprint density at radius 2 is 1.25 bits per heavy atom. The maximum atomic E-state index is 12.9. The van der Waals surface area contributed by atoms with Gasteiger partial charge in [-0.25, -0.2) is 0 Å². The molecule has 2 aliphatic rings. The summed E-state index contributed by atoms with van der Waals surface area (Å²) in [5.74, 6) is -0.865. The number of allylic oxidation sites excluding steroid dienone is 2. The zero-order valence-corrected chi connectivity index (χ0v) is 16.1. The van der Waals surface area contributed by atoms with Gasteiger partial charge in [0.1, 0.15) is 11.2 Å². The quantitative estimate of drug-likeness (QED) is 0.416. The molecule has 0 radical (unpaired) electrons. The second kappa shape index (κ2) is 6.53. The normalized spacial score (nSPS) is 21.1. The molecule has 0 unspecified atom stereocenters. The van der Waals surface area contributed by atoms with Crippen LogP contribution >= 0.6 is 0 Å². The third-order valence-corrected chi connectivity index (χ3v) is 4.66. The van der Waals surface area contributed by atoms with Crippen molar-refractivity contribution in [3.05, 3.63) is 11.1 Å². The van der Waals surface area contributed by atoms with Gasteiger partial charge in [0, 0.05) is 0 Å². The number of esters is 2. The van der Waals surface area contributed by atoms with Gasteiger partial charge in [0.25, 0.3) is 0 Å². The number of hydrogen-bond acceptors (Lipinski definition) is 4. The Morgan fingerprint density at radius 1 is 0.792 bits per heavy atom. The standard InChI is InChI=1S/C20H32O4/c1-18(2,3)23-16(21)20(17(22)24-19(4,5)6)12-11-15(13-20)14-9-7-8-10-14/h7-13H2,1-6H3. The molecule has 0 aromatic rings. The highest BCUT2D eigenvalue weighted by atomic mass is 16.6. The van der Waals surface area contributed by atoms with Gasteiger partial charge in [0.05, 0.1) is 0 Å². The highest BCUT2D eigenvalue weighted by molar-refractivity contribution is 6.01. The topological polar surface area (TPSA) is 52.6 Å². The Morgan fingerprint density at radius 3 is 1.67 bits per heavy atom. The van der Waals surface area contributed by atoms with Crippen molar-refractivity contribution in [2.45, 2.75) is 97.7 Å². The third kappa shape index (κ3) is 4.40. The van der Waals surface area contributed by atoms with E-state index in [4.69, 9.17) is 9.47 Å². The predicted octanol–water partition coefficient (Wildman–Crippen LogP) is 4.71. The van der Waals surface area contributed by atoms with Crippen molar-refractivity contribution in [3.8, 4) is 0 Å². The number of rotatable bonds is 2. The van der Waals surface area contributed by atoms with Crippen LogP contribution in [0.4, 0.5) is 0 Å². The van der Waals surface area contributed by atoms with Gasteiger partial charge in [0.2, 0.25) is 0 Å². The molecule has 2 saturated carbocycles. The first-order valence-electron chi connectivity index (χ1n) is 9.10. The zero-order chi connectivity index (χ0) is 18.2. The lowest BCUT2D eigenvalue weighted by Gasteiger charge is -2.32. The fraction of sp³-hybridized carbons (Fsp3) is 0.800. The third-order valence-electron chi connectivity index (χ3n) is 4.66. The van der Waals surface area contributed by atoms with Crippen LogP contribution in [0.2, 0.25) is 0 Å². The summed E-state index contributed by atoms with van der Waals surface area (Å²) in [4.78, 5) is 25.9. The lowest BCUT2D eigenvalue weighted by atomic mass is 9.85. The van der Waals surface area contributed by atoms with E-state index in [0.717, 1.165) is 19.3 Å². The van der Waals surface area contributed by atoms with Gasteiger partial charge < -0.3 is 9.47 Å². The van der Waals surface area contributed by atoms with Crippen molar-refractivity contribution in [3.63, 3.8) is 0 Å². The van der Waals surface area contributed by atoms with Gasteiger partial charge in [-0.3, -0.25) is 9.59 Å². The molecule has 0 aromatic carbocycles. The highest BCUT2D eigenvalue weighted by Gasteiger charge is 2.54. The monoisotopic (exact) mass is 336 g/mol. The number of ether oxygens (including phenoxy) is 2. The minimum absolute atomic E-state index is 0.433. The first kappa shape index (κ1) is 19.0. The highest BCUT2D eigenvalue weighted by Crippen LogP contribution is 2.48. The molecule has 0 atom stereocenters. The molecule has 2 rings (SSSR count). The molecule has 2 fully saturated rings. The average Bonchev–Trinajstić information content (AvgIpc) is 3.05. The van der Waals surface area contributed by atoms with E-state index >= 15 is 0 Å². The molecular weight excluding hydrogens is 304 g/mol. The van der Waals surface area contributed by atoms with Gasteiger partial charge in [-0.2, -0.15) is 0 Å². The Kier molecular flexibility index (Phi) is 5.17. The number of carbonyl (C=O) groups excluding carboxylic acids is 2. The lowest BCUT2D eigenvalue weighted by Crippen LogP contribution is -2.45. The Bertz CT molecular complexity index is 507. The first-order chi connectivity index (χ1) is 10.9. The van der Waals surface area contributed by atoms with Crippen molar-refractivity contribution in [1.82, 2.24) is 0 Å². The molecule has 0 amide bonds. The molecule has 0 N–H and O–H groups in total. The van der Waals surface area contributed by atoms with Crippen LogP contribution in [0.25, 0.3) is 0 Å². The van der Waals surface area contributed by atoms with E-state index < -0.39 is 28.6 Å². The van der Waals surface area contributed by atoms with Crippen LogP contribution in [-0.4, -0.2) is 23.1 Å². The van der Waals surface area contributed by atoms with Gasteiger partial charge in [-0.1, -0.05) is 11.1 Å². The number of hydrogen-bond donors (Lipinski definition) is 0. The van der Waals surface area contributed by atoms with Crippen molar-refractivity contribution in [2.75, 3.05) is 0 Å². The minimum Gasteiger partial charge on any atom is -0.459 e. The first-order valence-corrected chi connectivity index (χ1v) is 9.10. The van der Waals surface area contributed by atoms with Crippen LogP contribution in [0.5, 0.6) is 0 Å². The van der Waals surface area contributed by atoms with Crippen molar-refractivity contribution in [1.29, 1.82) is 0 Å². The van der Waals surface area contributed by atoms with E-state index in [-0.39, 0.29) is 0 Å². The molecule has 2 aliphatic carbocycles. The molecular formula is C20H32O4. The van der Waals surface area contributed by atoms with Gasteiger partial charge in [0.15, 0.2) is 5.41 Å². The van der Waals surface area contributed by atoms with E-state index in [9.17, 15) is 9.59 Å². The van der Waals surface area contributed by atoms with Crippen LogP contribution in [0.1, 0.15) is 86.5 Å². The van der Waals surface area contributed by atoms with Crippen molar-refractivity contribution >= 4 is 11.9 Å². The molecule has 0 bridgehead atoms. The van der Waals surface area contributed by atoms with Crippen LogP contribution in [0.15, 0.2) is 11.1 Å². The van der Waals surface area contributed by atoms with Gasteiger partial charge >= 0.3 is 11.9 Å². The second-order valence-corrected chi connectivity index (χ2v) is 9.18. The summed E-state index contributed by atoms with van der Waals surface area (Å²) in [5.41, 5.74) is 0.323. The molecule has 136 valence electrons. The maximum Gasteiger partial charge on any atom is 0.324 e. The SMILES string of the molecule is CC(C)(C)OC(=O)C1(C(=O)OC(C)(C)C)CCC(=C2CCCC2)C1.